The van der Waals surface area contributed by atoms with Gasteiger partial charge in [0, 0.05) is 22.8 Å². The molecule has 0 aliphatic rings. The zero-order valence-corrected chi connectivity index (χ0v) is 13.5. The van der Waals surface area contributed by atoms with Gasteiger partial charge in [0.05, 0.1) is 11.7 Å². The predicted molar refractivity (Wildman–Crippen MR) is 93.5 cm³/mol. The Kier molecular flexibility index (Phi) is 4.33. The van der Waals surface area contributed by atoms with Crippen LogP contribution in [-0.4, -0.2) is 22.8 Å². The van der Waals surface area contributed by atoms with Crippen molar-refractivity contribution in [2.75, 3.05) is 5.32 Å². The second kappa shape index (κ2) is 6.58. The van der Waals surface area contributed by atoms with Gasteiger partial charge in [0.25, 0.3) is 11.7 Å². The Hall–Kier alpha value is -3.08. The van der Waals surface area contributed by atoms with E-state index in [1.807, 2.05) is 38.1 Å². The molecule has 0 spiro atoms. The maximum absolute atomic E-state index is 12.4. The lowest BCUT2D eigenvalue weighted by Gasteiger charge is -2.10. The number of hydrogen-bond acceptors (Lipinski definition) is 3. The van der Waals surface area contributed by atoms with Crippen LogP contribution in [0.2, 0.25) is 0 Å². The van der Waals surface area contributed by atoms with Gasteiger partial charge in [-0.25, -0.2) is 0 Å². The van der Waals surface area contributed by atoms with E-state index in [1.54, 1.807) is 30.5 Å². The standard InChI is InChI=1S/C19H18N2O3/c1-12(2)24-14-9-7-13(8-10-14)21-19(23)18(22)16-11-20-17-6-4-3-5-15(16)17/h3-12,20H,1-2H3,(H,21,23). The number of carbonyl (C=O) groups is 2. The minimum atomic E-state index is -0.669. The number of ether oxygens (including phenoxy) is 1. The smallest absolute Gasteiger partial charge is 0.296 e. The second-order valence-corrected chi connectivity index (χ2v) is 5.72. The maximum atomic E-state index is 12.4. The highest BCUT2D eigenvalue weighted by molar-refractivity contribution is 6.48. The van der Waals surface area contributed by atoms with Crippen LogP contribution in [0, 0.1) is 0 Å². The number of H-pyrrole nitrogens is 1. The summed E-state index contributed by atoms with van der Waals surface area (Å²) in [5, 5.41) is 3.35. The number of ketones is 1. The first-order valence-electron chi connectivity index (χ1n) is 7.73. The fraction of sp³-hybridized carbons (Fsp3) is 0.158. The minimum absolute atomic E-state index is 0.0777. The molecule has 0 aliphatic carbocycles. The number of anilines is 1. The first kappa shape index (κ1) is 15.8. The summed E-state index contributed by atoms with van der Waals surface area (Å²) in [5.41, 5.74) is 1.73. The van der Waals surface area contributed by atoms with Crippen LogP contribution >= 0.6 is 0 Å². The zero-order valence-electron chi connectivity index (χ0n) is 13.5. The molecule has 0 bridgehead atoms. The van der Waals surface area contributed by atoms with Gasteiger partial charge < -0.3 is 15.0 Å². The molecule has 5 nitrogen and oxygen atoms in total. The molecule has 0 saturated heterocycles. The summed E-state index contributed by atoms with van der Waals surface area (Å²) in [4.78, 5) is 27.6. The molecule has 0 unspecified atom stereocenters. The van der Waals surface area contributed by atoms with Gasteiger partial charge in [-0.2, -0.15) is 0 Å². The number of hydrogen-bond donors (Lipinski definition) is 2. The Morgan fingerprint density at radius 2 is 1.75 bits per heavy atom. The molecule has 1 amide bonds. The summed E-state index contributed by atoms with van der Waals surface area (Å²) >= 11 is 0. The van der Waals surface area contributed by atoms with Crippen molar-refractivity contribution in [2.45, 2.75) is 20.0 Å². The molecule has 0 aliphatic heterocycles. The highest BCUT2D eigenvalue weighted by Gasteiger charge is 2.19. The van der Waals surface area contributed by atoms with E-state index >= 15 is 0 Å². The van der Waals surface area contributed by atoms with Gasteiger partial charge in [-0.3, -0.25) is 9.59 Å². The van der Waals surface area contributed by atoms with Gasteiger partial charge in [0.15, 0.2) is 0 Å². The van der Waals surface area contributed by atoms with Crippen molar-refractivity contribution >= 4 is 28.3 Å². The minimum Gasteiger partial charge on any atom is -0.491 e. The molecule has 0 saturated carbocycles. The largest absolute Gasteiger partial charge is 0.491 e. The summed E-state index contributed by atoms with van der Waals surface area (Å²) in [7, 11) is 0. The molecule has 1 heterocycles. The van der Waals surface area contributed by atoms with E-state index in [-0.39, 0.29) is 6.10 Å². The highest BCUT2D eigenvalue weighted by Crippen LogP contribution is 2.20. The normalized spacial score (nSPS) is 10.8. The summed E-state index contributed by atoms with van der Waals surface area (Å²) < 4.78 is 5.54. The van der Waals surface area contributed by atoms with Gasteiger partial charge in [0.2, 0.25) is 0 Å². The Labute approximate surface area is 139 Å². The molecule has 0 radical (unpaired) electrons. The molecule has 1 aromatic heterocycles. The van der Waals surface area contributed by atoms with Crippen molar-refractivity contribution in [3.8, 4) is 5.75 Å². The number of aromatic nitrogens is 1. The van der Waals surface area contributed by atoms with Gasteiger partial charge in [-0.05, 0) is 44.2 Å². The maximum Gasteiger partial charge on any atom is 0.296 e. The van der Waals surface area contributed by atoms with Crippen LogP contribution in [0.5, 0.6) is 5.75 Å². The quantitative estimate of drug-likeness (QED) is 0.555. The lowest BCUT2D eigenvalue weighted by atomic mass is 10.1. The third kappa shape index (κ3) is 3.30. The Morgan fingerprint density at radius 3 is 2.46 bits per heavy atom. The molecule has 24 heavy (non-hydrogen) atoms. The third-order valence-electron chi connectivity index (χ3n) is 3.52. The molecule has 122 valence electrons. The average molecular weight is 322 g/mol. The van der Waals surface area contributed by atoms with E-state index in [1.165, 1.54) is 0 Å². The molecule has 5 heteroatoms. The third-order valence-corrected chi connectivity index (χ3v) is 3.52. The molecule has 3 rings (SSSR count). The number of aromatic amines is 1. The van der Waals surface area contributed by atoms with Gasteiger partial charge in [0.1, 0.15) is 5.75 Å². The van der Waals surface area contributed by atoms with Crippen LogP contribution in [0.15, 0.2) is 54.7 Å². The van der Waals surface area contributed by atoms with E-state index in [4.69, 9.17) is 4.74 Å². The Balaban J connectivity index is 1.73. The lowest BCUT2D eigenvalue weighted by Crippen LogP contribution is -2.22. The number of Topliss-reactive ketones (excluding diaryl/α,β-unsaturated/α-hetero) is 1. The van der Waals surface area contributed by atoms with Crippen molar-refractivity contribution in [1.82, 2.24) is 4.98 Å². The van der Waals surface area contributed by atoms with Crippen LogP contribution < -0.4 is 10.1 Å². The molecular formula is C19H18N2O3. The molecule has 0 fully saturated rings. The van der Waals surface area contributed by atoms with Crippen molar-refractivity contribution < 1.29 is 14.3 Å². The first-order valence-corrected chi connectivity index (χ1v) is 7.73. The summed E-state index contributed by atoms with van der Waals surface area (Å²) in [6.45, 7) is 3.88. The lowest BCUT2D eigenvalue weighted by molar-refractivity contribution is -0.112. The van der Waals surface area contributed by atoms with Crippen LogP contribution in [-0.2, 0) is 4.79 Å². The fourth-order valence-corrected chi connectivity index (χ4v) is 2.46. The molecular weight excluding hydrogens is 304 g/mol. The fourth-order valence-electron chi connectivity index (χ4n) is 2.46. The van der Waals surface area contributed by atoms with E-state index in [0.717, 1.165) is 10.9 Å². The summed E-state index contributed by atoms with van der Waals surface area (Å²) in [6.07, 6.45) is 1.64. The number of benzene rings is 2. The zero-order chi connectivity index (χ0) is 17.1. The average Bonchev–Trinajstić information content (AvgIpc) is 2.99. The molecule has 3 aromatic rings. The van der Waals surface area contributed by atoms with Crippen molar-refractivity contribution in [1.29, 1.82) is 0 Å². The number of carbonyl (C=O) groups excluding carboxylic acids is 2. The van der Waals surface area contributed by atoms with Crippen molar-refractivity contribution in [2.24, 2.45) is 0 Å². The summed E-state index contributed by atoms with van der Waals surface area (Å²) in [5.74, 6) is -0.529. The van der Waals surface area contributed by atoms with Crippen molar-refractivity contribution in [3.05, 3.63) is 60.3 Å². The highest BCUT2D eigenvalue weighted by atomic mass is 16.5. The van der Waals surface area contributed by atoms with Crippen LogP contribution in [0.3, 0.4) is 0 Å². The number of fused-ring (bicyclic) bond motifs is 1. The number of nitrogens with one attached hydrogen (secondary N) is 2. The molecule has 2 N–H and O–H groups in total. The monoisotopic (exact) mass is 322 g/mol. The van der Waals surface area contributed by atoms with E-state index in [9.17, 15) is 9.59 Å². The van der Waals surface area contributed by atoms with Crippen LogP contribution in [0.4, 0.5) is 5.69 Å². The SMILES string of the molecule is CC(C)Oc1ccc(NC(=O)C(=O)c2c[nH]c3ccccc23)cc1. The van der Waals surface area contributed by atoms with Gasteiger partial charge in [-0.1, -0.05) is 18.2 Å². The summed E-state index contributed by atoms with van der Waals surface area (Å²) in [6, 6.07) is 14.3. The van der Waals surface area contributed by atoms with Crippen LogP contribution in [0.1, 0.15) is 24.2 Å². The molecule has 0 atom stereocenters. The second-order valence-electron chi connectivity index (χ2n) is 5.72. The van der Waals surface area contributed by atoms with Gasteiger partial charge >= 0.3 is 0 Å². The molecule has 2 aromatic carbocycles. The number of amides is 1. The predicted octanol–water partition coefficient (Wildman–Crippen LogP) is 3.78. The van der Waals surface area contributed by atoms with E-state index in [0.29, 0.717) is 17.0 Å². The van der Waals surface area contributed by atoms with Gasteiger partial charge in [-0.15, -0.1) is 0 Å². The topological polar surface area (TPSA) is 71.2 Å². The number of rotatable bonds is 5. The van der Waals surface area contributed by atoms with Crippen LogP contribution in [0.25, 0.3) is 10.9 Å². The Morgan fingerprint density at radius 1 is 1.04 bits per heavy atom. The van der Waals surface area contributed by atoms with Crippen molar-refractivity contribution in [3.63, 3.8) is 0 Å². The number of para-hydroxylation sites is 1. The van der Waals surface area contributed by atoms with E-state index in [2.05, 4.69) is 10.3 Å². The Bertz CT molecular complexity index is 879. The van der Waals surface area contributed by atoms with E-state index < -0.39 is 11.7 Å². The first-order chi connectivity index (χ1) is 11.5.